The van der Waals surface area contributed by atoms with E-state index in [0.29, 0.717) is 50.7 Å². The van der Waals surface area contributed by atoms with Crippen LogP contribution < -0.4 is 10.5 Å². The normalized spacial score (nSPS) is 15.2. The first-order valence-electron chi connectivity index (χ1n) is 12.6. The highest BCUT2D eigenvalue weighted by atomic mass is 16.6. The number of piperazine rings is 1. The maximum Gasteiger partial charge on any atom is 0.269 e. The number of aryl methyl sites for hydroxylation is 1. The number of aromatic nitrogens is 5. The van der Waals surface area contributed by atoms with E-state index in [1.165, 1.54) is 17.7 Å². The van der Waals surface area contributed by atoms with Crippen molar-refractivity contribution in [3.05, 3.63) is 86.0 Å². The van der Waals surface area contributed by atoms with Crippen molar-refractivity contribution in [1.29, 1.82) is 0 Å². The summed E-state index contributed by atoms with van der Waals surface area (Å²) >= 11 is 0. The number of hydrogen-bond acceptors (Lipinski definition) is 9. The Morgan fingerprint density at radius 1 is 1.11 bits per heavy atom. The Labute approximate surface area is 219 Å². The highest BCUT2D eigenvalue weighted by Crippen LogP contribution is 2.29. The highest BCUT2D eigenvalue weighted by molar-refractivity contribution is 5.80. The molecule has 12 heteroatoms. The van der Waals surface area contributed by atoms with Crippen LogP contribution in [0.15, 0.2) is 53.3 Å². The number of nitro groups is 1. The number of nitro benzene ring substituents is 1. The number of aromatic amines is 1. The number of non-ortho nitro benzene ring substituents is 1. The number of benzene rings is 2. The van der Waals surface area contributed by atoms with Crippen molar-refractivity contribution in [2.24, 2.45) is 0 Å². The van der Waals surface area contributed by atoms with Crippen molar-refractivity contribution in [1.82, 2.24) is 30.1 Å². The molecule has 4 aromatic rings. The summed E-state index contributed by atoms with van der Waals surface area (Å²) in [7, 11) is 1.62. The summed E-state index contributed by atoms with van der Waals surface area (Å²) in [6.07, 6.45) is 0.897. The number of anilines is 1. The van der Waals surface area contributed by atoms with Gasteiger partial charge in [0.15, 0.2) is 5.82 Å². The van der Waals surface area contributed by atoms with Gasteiger partial charge in [-0.1, -0.05) is 13.0 Å². The first-order chi connectivity index (χ1) is 18.5. The molecule has 0 bridgehead atoms. The van der Waals surface area contributed by atoms with Crippen molar-refractivity contribution in [3.8, 4) is 0 Å². The topological polar surface area (TPSA) is 135 Å². The van der Waals surface area contributed by atoms with Gasteiger partial charge in [0.05, 0.1) is 18.1 Å². The number of ether oxygens (including phenoxy) is 1. The molecule has 0 unspecified atom stereocenters. The number of tetrazole rings is 1. The van der Waals surface area contributed by atoms with Crippen LogP contribution in [0.1, 0.15) is 29.9 Å². The van der Waals surface area contributed by atoms with E-state index in [1.807, 2.05) is 18.2 Å². The van der Waals surface area contributed by atoms with E-state index in [0.717, 1.165) is 23.0 Å². The Morgan fingerprint density at radius 2 is 1.87 bits per heavy atom. The fourth-order valence-electron chi connectivity index (χ4n) is 4.96. The zero-order valence-corrected chi connectivity index (χ0v) is 21.4. The molecule has 0 spiro atoms. The SMILES string of the molecule is CCc1ccc2[nH]c(=O)c([C@@H](c3nnnn3CCOC)N3CCN(c4ccc([N+](=O)[O-])cc4)CC3)cc2c1. The summed E-state index contributed by atoms with van der Waals surface area (Å²) in [6.45, 7) is 5.65. The number of nitrogens with zero attached hydrogens (tertiary/aromatic N) is 7. The largest absolute Gasteiger partial charge is 0.383 e. The molecule has 1 atom stereocenters. The zero-order chi connectivity index (χ0) is 26.6. The Bertz CT molecular complexity index is 1470. The number of rotatable bonds is 9. The lowest BCUT2D eigenvalue weighted by Gasteiger charge is -2.39. The minimum absolute atomic E-state index is 0.0668. The van der Waals surface area contributed by atoms with Crippen LogP contribution in [0.5, 0.6) is 0 Å². The molecule has 1 fully saturated rings. The van der Waals surface area contributed by atoms with Crippen LogP contribution in [0.3, 0.4) is 0 Å². The molecule has 5 rings (SSSR count). The van der Waals surface area contributed by atoms with E-state index in [-0.39, 0.29) is 11.2 Å². The fourth-order valence-corrected chi connectivity index (χ4v) is 4.96. The average molecular weight is 519 g/mol. The maximum atomic E-state index is 13.4. The van der Waals surface area contributed by atoms with Crippen LogP contribution in [0.2, 0.25) is 0 Å². The third-order valence-electron chi connectivity index (χ3n) is 7.06. The lowest BCUT2D eigenvalue weighted by molar-refractivity contribution is -0.384. The third-order valence-corrected chi connectivity index (χ3v) is 7.06. The molecule has 198 valence electrons. The van der Waals surface area contributed by atoms with E-state index in [1.54, 1.807) is 23.9 Å². The van der Waals surface area contributed by atoms with Crippen molar-refractivity contribution in [2.75, 3.05) is 44.8 Å². The van der Waals surface area contributed by atoms with Crippen LogP contribution in [0, 0.1) is 10.1 Å². The van der Waals surface area contributed by atoms with Gasteiger partial charge in [-0.2, -0.15) is 0 Å². The van der Waals surface area contributed by atoms with Gasteiger partial charge in [0, 0.05) is 62.2 Å². The van der Waals surface area contributed by atoms with Crippen molar-refractivity contribution >= 4 is 22.3 Å². The van der Waals surface area contributed by atoms with Gasteiger partial charge in [-0.15, -0.1) is 5.10 Å². The molecule has 0 amide bonds. The summed E-state index contributed by atoms with van der Waals surface area (Å²) in [5.74, 6) is 0.585. The van der Waals surface area contributed by atoms with Gasteiger partial charge in [-0.05, 0) is 58.1 Å². The first-order valence-corrected chi connectivity index (χ1v) is 12.6. The van der Waals surface area contributed by atoms with Gasteiger partial charge in [-0.25, -0.2) is 4.68 Å². The summed E-state index contributed by atoms with van der Waals surface area (Å²) in [4.78, 5) is 31.5. The minimum Gasteiger partial charge on any atom is -0.383 e. The fraction of sp³-hybridized carbons (Fsp3) is 0.385. The number of fused-ring (bicyclic) bond motifs is 1. The van der Waals surface area contributed by atoms with Crippen molar-refractivity contribution in [2.45, 2.75) is 25.9 Å². The standard InChI is InChI=1S/C26H30N8O4/c1-3-18-4-9-23-19(16-18)17-22(26(35)27-23)24(25-28-29-30-33(25)14-15-38-2)32-12-10-31(11-13-32)20-5-7-21(8-6-20)34(36)37/h4-9,16-17,24H,3,10-15H2,1-2H3,(H,27,35)/t24-/m0/s1. The van der Waals surface area contributed by atoms with Crippen molar-refractivity contribution in [3.63, 3.8) is 0 Å². The minimum atomic E-state index is -0.459. The van der Waals surface area contributed by atoms with Crippen LogP contribution in [0.4, 0.5) is 11.4 Å². The second-order valence-electron chi connectivity index (χ2n) is 9.28. The quantitative estimate of drug-likeness (QED) is 0.262. The molecule has 0 aliphatic carbocycles. The summed E-state index contributed by atoms with van der Waals surface area (Å²) < 4.78 is 6.94. The summed E-state index contributed by atoms with van der Waals surface area (Å²) in [6, 6.07) is 14.2. The maximum absolute atomic E-state index is 13.4. The Balaban J connectivity index is 1.48. The Morgan fingerprint density at radius 3 is 2.55 bits per heavy atom. The molecule has 3 heterocycles. The molecular weight excluding hydrogens is 488 g/mol. The number of H-pyrrole nitrogens is 1. The van der Waals surface area contributed by atoms with Gasteiger partial charge in [-0.3, -0.25) is 19.8 Å². The van der Waals surface area contributed by atoms with Gasteiger partial charge in [0.25, 0.3) is 11.2 Å². The molecule has 0 saturated carbocycles. The summed E-state index contributed by atoms with van der Waals surface area (Å²) in [5.41, 5.74) is 3.38. The van der Waals surface area contributed by atoms with Crippen LogP contribution in [-0.4, -0.2) is 74.9 Å². The monoisotopic (exact) mass is 518 g/mol. The predicted molar refractivity (Wildman–Crippen MR) is 142 cm³/mol. The van der Waals surface area contributed by atoms with Crippen LogP contribution >= 0.6 is 0 Å². The van der Waals surface area contributed by atoms with Gasteiger partial charge in [0.1, 0.15) is 6.04 Å². The molecule has 1 N–H and O–H groups in total. The Kier molecular flexibility index (Phi) is 7.43. The van der Waals surface area contributed by atoms with Crippen LogP contribution in [0.25, 0.3) is 10.9 Å². The number of nitrogens with one attached hydrogen (secondary N) is 1. The molecule has 1 aliphatic rings. The van der Waals surface area contributed by atoms with E-state index in [4.69, 9.17) is 4.74 Å². The third kappa shape index (κ3) is 5.13. The number of pyridine rings is 1. The zero-order valence-electron chi connectivity index (χ0n) is 21.4. The average Bonchev–Trinajstić information content (AvgIpc) is 3.40. The second-order valence-corrected chi connectivity index (χ2v) is 9.28. The Hall–Kier alpha value is -4.16. The number of methoxy groups -OCH3 is 1. The van der Waals surface area contributed by atoms with Crippen molar-refractivity contribution < 1.29 is 9.66 Å². The second kappa shape index (κ2) is 11.1. The lowest BCUT2D eigenvalue weighted by Crippen LogP contribution is -2.49. The van der Waals surface area contributed by atoms with Gasteiger partial charge < -0.3 is 14.6 Å². The molecule has 2 aromatic carbocycles. The smallest absolute Gasteiger partial charge is 0.269 e. The van der Waals surface area contributed by atoms with E-state index in [9.17, 15) is 14.9 Å². The van der Waals surface area contributed by atoms with E-state index < -0.39 is 11.0 Å². The molecule has 2 aromatic heterocycles. The van der Waals surface area contributed by atoms with Gasteiger partial charge >= 0.3 is 0 Å². The number of hydrogen-bond donors (Lipinski definition) is 1. The molecular formula is C26H30N8O4. The lowest BCUT2D eigenvalue weighted by atomic mass is 10.0. The summed E-state index contributed by atoms with van der Waals surface area (Å²) in [5, 5.41) is 24.4. The first kappa shape index (κ1) is 25.5. The molecule has 1 aliphatic heterocycles. The predicted octanol–water partition coefficient (Wildman–Crippen LogP) is 2.54. The van der Waals surface area contributed by atoms with Gasteiger partial charge in [0.2, 0.25) is 0 Å². The molecule has 0 radical (unpaired) electrons. The van der Waals surface area contributed by atoms with Crippen LogP contribution in [-0.2, 0) is 17.7 Å². The molecule has 12 nitrogen and oxygen atoms in total. The highest BCUT2D eigenvalue weighted by Gasteiger charge is 2.32. The van der Waals surface area contributed by atoms with E-state index >= 15 is 0 Å². The molecule has 1 saturated heterocycles. The molecule has 38 heavy (non-hydrogen) atoms. The van der Waals surface area contributed by atoms with E-state index in [2.05, 4.69) is 43.3 Å².